The molecule has 1 rings (SSSR count). The summed E-state index contributed by atoms with van der Waals surface area (Å²) < 4.78 is 5.29. The Morgan fingerprint density at radius 2 is 2.20 bits per heavy atom. The van der Waals surface area contributed by atoms with Crippen molar-refractivity contribution in [2.75, 3.05) is 43.9 Å². The van der Waals surface area contributed by atoms with Crippen LogP contribution in [0.5, 0.6) is 0 Å². The summed E-state index contributed by atoms with van der Waals surface area (Å²) in [6, 6.07) is 5.00. The molecule has 0 heterocycles. The molecule has 1 amide bonds. The Labute approximate surface area is 125 Å². The van der Waals surface area contributed by atoms with Crippen molar-refractivity contribution in [2.45, 2.75) is 13.8 Å². The number of rotatable bonds is 8. The molecule has 1 aromatic rings. The molecule has 0 aliphatic heterocycles. The first-order chi connectivity index (χ1) is 9.56. The number of amides is 1. The van der Waals surface area contributed by atoms with Crippen LogP contribution < -0.4 is 11.1 Å². The molecular weight excluding hydrogens is 278 g/mol. The normalized spacial score (nSPS) is 10.8. The smallest absolute Gasteiger partial charge is 0.238 e. The molecule has 6 heteroatoms. The molecule has 0 aromatic heterocycles. The molecule has 3 N–H and O–H groups in total. The highest BCUT2D eigenvalue weighted by Crippen LogP contribution is 2.22. The van der Waals surface area contributed by atoms with Crippen LogP contribution in [0.3, 0.4) is 0 Å². The summed E-state index contributed by atoms with van der Waals surface area (Å²) in [5.41, 5.74) is 6.84. The predicted molar refractivity (Wildman–Crippen MR) is 83.1 cm³/mol. The minimum absolute atomic E-state index is 0.114. The summed E-state index contributed by atoms with van der Waals surface area (Å²) in [5, 5.41) is 3.32. The largest absolute Gasteiger partial charge is 0.397 e. The lowest BCUT2D eigenvalue weighted by Crippen LogP contribution is -2.35. The van der Waals surface area contributed by atoms with E-state index in [2.05, 4.69) is 5.32 Å². The second-order valence-corrected chi connectivity index (χ2v) is 4.78. The first-order valence-corrected chi connectivity index (χ1v) is 7.09. The molecule has 0 fully saturated rings. The monoisotopic (exact) mass is 299 g/mol. The molecule has 0 saturated heterocycles. The quantitative estimate of drug-likeness (QED) is 0.570. The molecule has 5 nitrogen and oxygen atoms in total. The van der Waals surface area contributed by atoms with Gasteiger partial charge in [-0.05, 0) is 31.7 Å². The molecule has 0 atom stereocenters. The summed E-state index contributed by atoms with van der Waals surface area (Å²) >= 11 is 5.88. The van der Waals surface area contributed by atoms with Crippen LogP contribution in [0.25, 0.3) is 0 Å². The number of nitrogens with one attached hydrogen (secondary N) is 1. The number of halogens is 1. The molecule has 1 aromatic carbocycles. The Hall–Kier alpha value is -1.30. The van der Waals surface area contributed by atoms with Crippen LogP contribution in [0.4, 0.5) is 11.4 Å². The van der Waals surface area contributed by atoms with Gasteiger partial charge < -0.3 is 15.8 Å². The van der Waals surface area contributed by atoms with Crippen LogP contribution >= 0.6 is 11.6 Å². The van der Waals surface area contributed by atoms with E-state index in [-0.39, 0.29) is 5.91 Å². The van der Waals surface area contributed by atoms with E-state index in [4.69, 9.17) is 22.1 Å². The third-order valence-corrected chi connectivity index (χ3v) is 3.09. The van der Waals surface area contributed by atoms with Gasteiger partial charge >= 0.3 is 0 Å². The van der Waals surface area contributed by atoms with Crippen LogP contribution in [0.1, 0.15) is 13.8 Å². The van der Waals surface area contributed by atoms with Crippen molar-refractivity contribution >= 4 is 28.9 Å². The van der Waals surface area contributed by atoms with Crippen molar-refractivity contribution in [3.8, 4) is 0 Å². The number of carbonyl (C=O) groups is 1. The highest BCUT2D eigenvalue weighted by molar-refractivity contribution is 6.31. The molecule has 0 bridgehead atoms. The zero-order chi connectivity index (χ0) is 15.0. The summed E-state index contributed by atoms with van der Waals surface area (Å²) in [4.78, 5) is 14.0. The number of anilines is 2. The maximum absolute atomic E-state index is 12.0. The fourth-order valence-corrected chi connectivity index (χ4v) is 1.89. The standard InChI is InChI=1S/C14H22ClN3O2/c1-3-18(7-8-20-4-2)10-14(19)17-13-9-11(15)5-6-12(13)16/h5-6,9H,3-4,7-8,10,16H2,1-2H3,(H,17,19). The Kier molecular flexibility index (Phi) is 7.36. The van der Waals surface area contributed by atoms with Crippen molar-refractivity contribution in [3.63, 3.8) is 0 Å². The topological polar surface area (TPSA) is 67.6 Å². The lowest BCUT2D eigenvalue weighted by atomic mass is 10.2. The number of likely N-dealkylation sites (N-methyl/N-ethyl adjacent to an activating group) is 1. The van der Waals surface area contributed by atoms with Gasteiger partial charge in [0.1, 0.15) is 0 Å². The summed E-state index contributed by atoms with van der Waals surface area (Å²) in [5.74, 6) is -0.114. The molecular formula is C14H22ClN3O2. The molecule has 112 valence electrons. The molecule has 0 aliphatic carbocycles. The molecule has 20 heavy (non-hydrogen) atoms. The zero-order valence-corrected chi connectivity index (χ0v) is 12.7. The second kappa shape index (κ2) is 8.79. The van der Waals surface area contributed by atoms with E-state index >= 15 is 0 Å². The third kappa shape index (κ3) is 5.77. The molecule has 0 spiro atoms. The van der Waals surface area contributed by atoms with Gasteiger partial charge in [-0.1, -0.05) is 18.5 Å². The van der Waals surface area contributed by atoms with Crippen LogP contribution in [-0.4, -0.2) is 43.7 Å². The highest BCUT2D eigenvalue weighted by Gasteiger charge is 2.10. The van der Waals surface area contributed by atoms with E-state index in [9.17, 15) is 4.79 Å². The van der Waals surface area contributed by atoms with Crippen molar-refractivity contribution in [1.29, 1.82) is 0 Å². The van der Waals surface area contributed by atoms with Gasteiger partial charge in [0.15, 0.2) is 0 Å². The molecule has 0 saturated carbocycles. The maximum atomic E-state index is 12.0. The lowest BCUT2D eigenvalue weighted by molar-refractivity contribution is -0.117. The van der Waals surface area contributed by atoms with E-state index in [1.54, 1.807) is 18.2 Å². The Balaban J connectivity index is 2.51. The van der Waals surface area contributed by atoms with Gasteiger partial charge in [-0.3, -0.25) is 9.69 Å². The van der Waals surface area contributed by atoms with Crippen molar-refractivity contribution < 1.29 is 9.53 Å². The van der Waals surface area contributed by atoms with E-state index in [1.165, 1.54) is 0 Å². The van der Waals surface area contributed by atoms with Gasteiger partial charge in [0.25, 0.3) is 0 Å². The number of nitrogen functional groups attached to an aromatic ring is 1. The third-order valence-electron chi connectivity index (χ3n) is 2.86. The average Bonchev–Trinajstić information content (AvgIpc) is 2.42. The van der Waals surface area contributed by atoms with Gasteiger partial charge in [0, 0.05) is 18.2 Å². The predicted octanol–water partition coefficient (Wildman–Crippen LogP) is 2.22. The van der Waals surface area contributed by atoms with E-state index in [1.807, 2.05) is 18.7 Å². The van der Waals surface area contributed by atoms with Gasteiger partial charge in [0.05, 0.1) is 24.5 Å². The SMILES string of the molecule is CCOCCN(CC)CC(=O)Nc1cc(Cl)ccc1N. The van der Waals surface area contributed by atoms with Crippen molar-refractivity contribution in [3.05, 3.63) is 23.2 Å². The van der Waals surface area contributed by atoms with Gasteiger partial charge in [-0.15, -0.1) is 0 Å². The van der Waals surface area contributed by atoms with Crippen LogP contribution in [0.15, 0.2) is 18.2 Å². The number of nitrogens with two attached hydrogens (primary N) is 1. The first-order valence-electron chi connectivity index (χ1n) is 6.71. The average molecular weight is 300 g/mol. The summed E-state index contributed by atoms with van der Waals surface area (Å²) in [6.07, 6.45) is 0. The number of ether oxygens (including phenoxy) is 1. The fourth-order valence-electron chi connectivity index (χ4n) is 1.72. The number of benzene rings is 1. The van der Waals surface area contributed by atoms with Crippen molar-refractivity contribution in [1.82, 2.24) is 4.90 Å². The van der Waals surface area contributed by atoms with Gasteiger partial charge in [-0.2, -0.15) is 0 Å². The Bertz CT molecular complexity index is 440. The highest BCUT2D eigenvalue weighted by atomic mass is 35.5. The van der Waals surface area contributed by atoms with Crippen LogP contribution in [-0.2, 0) is 9.53 Å². The van der Waals surface area contributed by atoms with E-state index in [0.29, 0.717) is 36.2 Å². The summed E-state index contributed by atoms with van der Waals surface area (Å²) in [7, 11) is 0. The first kappa shape index (κ1) is 16.8. The maximum Gasteiger partial charge on any atom is 0.238 e. The lowest BCUT2D eigenvalue weighted by Gasteiger charge is -2.19. The minimum Gasteiger partial charge on any atom is -0.397 e. The number of carbonyl (C=O) groups excluding carboxylic acids is 1. The number of nitrogens with zero attached hydrogens (tertiary/aromatic N) is 1. The summed E-state index contributed by atoms with van der Waals surface area (Å²) in [6.45, 7) is 7.07. The fraction of sp³-hybridized carbons (Fsp3) is 0.500. The molecule has 0 radical (unpaired) electrons. The van der Waals surface area contributed by atoms with Gasteiger partial charge in [0.2, 0.25) is 5.91 Å². The Morgan fingerprint density at radius 1 is 1.45 bits per heavy atom. The van der Waals surface area contributed by atoms with E-state index < -0.39 is 0 Å². The van der Waals surface area contributed by atoms with Crippen molar-refractivity contribution in [2.24, 2.45) is 0 Å². The number of hydrogen-bond acceptors (Lipinski definition) is 4. The molecule has 0 aliphatic rings. The second-order valence-electron chi connectivity index (χ2n) is 4.35. The van der Waals surface area contributed by atoms with E-state index in [0.717, 1.165) is 13.1 Å². The number of hydrogen-bond donors (Lipinski definition) is 2. The zero-order valence-electron chi connectivity index (χ0n) is 12.0. The molecule has 0 unspecified atom stereocenters. The van der Waals surface area contributed by atoms with Crippen LogP contribution in [0, 0.1) is 0 Å². The van der Waals surface area contributed by atoms with Gasteiger partial charge in [-0.25, -0.2) is 0 Å². The Morgan fingerprint density at radius 3 is 2.85 bits per heavy atom. The minimum atomic E-state index is -0.114. The van der Waals surface area contributed by atoms with Crippen LogP contribution in [0.2, 0.25) is 5.02 Å².